The zero-order valence-corrected chi connectivity index (χ0v) is 11.9. The van der Waals surface area contributed by atoms with Crippen molar-refractivity contribution in [1.82, 2.24) is 4.98 Å². The molecule has 6 rings (SSSR count). The van der Waals surface area contributed by atoms with Gasteiger partial charge in [0.05, 0.1) is 0 Å². The molecule has 2 aromatic rings. The van der Waals surface area contributed by atoms with Gasteiger partial charge in [0.2, 0.25) is 0 Å². The van der Waals surface area contributed by atoms with Crippen LogP contribution >= 0.6 is 0 Å². The zero-order valence-electron chi connectivity index (χ0n) is 11.9. The minimum atomic E-state index is 0.429. The third kappa shape index (κ3) is 1.52. The monoisotopic (exact) mass is 263 g/mol. The molecule has 4 saturated carbocycles. The van der Waals surface area contributed by atoms with Crippen molar-refractivity contribution in [3.05, 3.63) is 42.2 Å². The van der Waals surface area contributed by atoms with E-state index in [-0.39, 0.29) is 0 Å². The molecule has 1 heteroatoms. The topological polar surface area (TPSA) is 12.9 Å². The molecule has 1 aromatic heterocycles. The minimum Gasteiger partial charge on any atom is -0.260 e. The quantitative estimate of drug-likeness (QED) is 0.726. The van der Waals surface area contributed by atoms with Crippen LogP contribution in [-0.2, 0) is 5.41 Å². The van der Waals surface area contributed by atoms with E-state index in [0.29, 0.717) is 5.41 Å². The maximum Gasteiger partial charge on any atom is 0.0472 e. The molecule has 4 aliphatic rings. The van der Waals surface area contributed by atoms with Gasteiger partial charge in [-0.3, -0.25) is 4.98 Å². The summed E-state index contributed by atoms with van der Waals surface area (Å²) >= 11 is 0. The molecule has 1 aromatic carbocycles. The molecule has 0 N–H and O–H groups in total. The molecule has 0 aliphatic heterocycles. The summed E-state index contributed by atoms with van der Waals surface area (Å²) in [6.45, 7) is 0. The first kappa shape index (κ1) is 11.3. The largest absolute Gasteiger partial charge is 0.260 e. The maximum atomic E-state index is 4.90. The lowest BCUT2D eigenvalue weighted by Gasteiger charge is -2.56. The van der Waals surface area contributed by atoms with E-state index in [1.165, 1.54) is 55.0 Å². The van der Waals surface area contributed by atoms with E-state index in [0.717, 1.165) is 17.8 Å². The first-order chi connectivity index (χ1) is 9.81. The van der Waals surface area contributed by atoms with Gasteiger partial charge in [0.25, 0.3) is 0 Å². The van der Waals surface area contributed by atoms with Crippen molar-refractivity contribution < 1.29 is 0 Å². The number of nitrogens with zero attached hydrogens (tertiary/aromatic N) is 1. The maximum absolute atomic E-state index is 4.90. The van der Waals surface area contributed by atoms with Crippen molar-refractivity contribution in [3.8, 4) is 0 Å². The summed E-state index contributed by atoms with van der Waals surface area (Å²) in [5, 5.41) is 2.65. The molecule has 0 atom stereocenters. The summed E-state index contributed by atoms with van der Waals surface area (Å²) in [5.41, 5.74) is 1.83. The van der Waals surface area contributed by atoms with Crippen LogP contribution in [0, 0.1) is 17.8 Å². The normalized spacial score (nSPS) is 38.5. The molecule has 0 spiro atoms. The Labute approximate surface area is 120 Å². The summed E-state index contributed by atoms with van der Waals surface area (Å²) in [7, 11) is 0. The first-order valence-corrected chi connectivity index (χ1v) is 8.16. The molecule has 0 saturated heterocycles. The third-order valence-corrected chi connectivity index (χ3v) is 6.21. The summed E-state index contributed by atoms with van der Waals surface area (Å²) in [4.78, 5) is 4.90. The lowest BCUT2D eigenvalue weighted by molar-refractivity contribution is -0.00712. The van der Waals surface area contributed by atoms with Gasteiger partial charge in [0.1, 0.15) is 0 Å². The molecular weight excluding hydrogens is 242 g/mol. The first-order valence-electron chi connectivity index (χ1n) is 8.16. The Morgan fingerprint density at radius 3 is 2.10 bits per heavy atom. The lowest BCUT2D eigenvalue weighted by atomic mass is 9.49. The van der Waals surface area contributed by atoms with Crippen molar-refractivity contribution in [3.63, 3.8) is 0 Å². The zero-order chi connectivity index (χ0) is 13.2. The van der Waals surface area contributed by atoms with Gasteiger partial charge < -0.3 is 0 Å². The fraction of sp³-hybridized carbons (Fsp3) is 0.526. The van der Waals surface area contributed by atoms with Crippen molar-refractivity contribution >= 4 is 10.8 Å². The molecule has 1 nitrogen and oxygen atoms in total. The standard InChI is InChI=1S/C19H21N/c1-2-4-17-12-20-18(8-16(17)3-1)19-9-13-5-14(10-19)7-15(6-13)11-19/h1-4,8,12-15H,5-7,9-11H2. The van der Waals surface area contributed by atoms with Gasteiger partial charge >= 0.3 is 0 Å². The molecule has 0 unspecified atom stereocenters. The van der Waals surface area contributed by atoms with E-state index in [1.54, 1.807) is 0 Å². The third-order valence-electron chi connectivity index (χ3n) is 6.21. The number of hydrogen-bond donors (Lipinski definition) is 0. The van der Waals surface area contributed by atoms with Gasteiger partial charge in [0.15, 0.2) is 0 Å². The van der Waals surface area contributed by atoms with Gasteiger partial charge in [-0.1, -0.05) is 24.3 Å². The average Bonchev–Trinajstić information content (AvgIpc) is 2.45. The lowest BCUT2D eigenvalue weighted by Crippen LogP contribution is -2.48. The van der Waals surface area contributed by atoms with E-state index in [2.05, 4.69) is 36.5 Å². The number of pyridine rings is 1. The highest BCUT2D eigenvalue weighted by Crippen LogP contribution is 2.60. The van der Waals surface area contributed by atoms with Crippen LogP contribution in [-0.4, -0.2) is 4.98 Å². The number of aromatic nitrogens is 1. The van der Waals surface area contributed by atoms with Gasteiger partial charge in [-0.25, -0.2) is 0 Å². The summed E-state index contributed by atoms with van der Waals surface area (Å²) < 4.78 is 0. The van der Waals surface area contributed by atoms with Crippen LogP contribution in [0.25, 0.3) is 10.8 Å². The molecular formula is C19H21N. The smallest absolute Gasteiger partial charge is 0.0472 e. The Bertz CT molecular complexity index is 637. The Morgan fingerprint density at radius 1 is 0.850 bits per heavy atom. The van der Waals surface area contributed by atoms with Crippen LogP contribution in [0.5, 0.6) is 0 Å². The van der Waals surface area contributed by atoms with Crippen LogP contribution < -0.4 is 0 Å². The highest BCUT2D eigenvalue weighted by molar-refractivity contribution is 5.82. The molecule has 102 valence electrons. The fourth-order valence-corrected chi connectivity index (χ4v) is 5.80. The van der Waals surface area contributed by atoms with E-state index in [4.69, 9.17) is 4.98 Å². The number of hydrogen-bond acceptors (Lipinski definition) is 1. The molecule has 4 aliphatic carbocycles. The van der Waals surface area contributed by atoms with E-state index < -0.39 is 0 Å². The predicted octanol–water partition coefficient (Wildman–Crippen LogP) is 4.70. The Balaban J connectivity index is 1.63. The molecule has 0 radical (unpaired) electrons. The van der Waals surface area contributed by atoms with Crippen LogP contribution in [0.1, 0.15) is 44.2 Å². The van der Waals surface area contributed by atoms with Crippen LogP contribution in [0.2, 0.25) is 0 Å². The van der Waals surface area contributed by atoms with Crippen molar-refractivity contribution in [2.75, 3.05) is 0 Å². The van der Waals surface area contributed by atoms with Gasteiger partial charge in [0, 0.05) is 22.7 Å². The van der Waals surface area contributed by atoms with Crippen molar-refractivity contribution in [2.24, 2.45) is 17.8 Å². The SMILES string of the molecule is c1ccc2cc(C34CC5CC(CC(C5)C3)C4)ncc2c1. The molecule has 4 bridgehead atoms. The van der Waals surface area contributed by atoms with Crippen LogP contribution in [0.4, 0.5) is 0 Å². The highest BCUT2D eigenvalue weighted by Gasteiger charge is 2.52. The fourth-order valence-electron chi connectivity index (χ4n) is 5.80. The Kier molecular flexibility index (Phi) is 2.17. The Hall–Kier alpha value is -1.37. The summed E-state index contributed by atoms with van der Waals surface area (Å²) in [5.74, 6) is 2.98. The average molecular weight is 263 g/mol. The highest BCUT2D eigenvalue weighted by atomic mass is 14.7. The molecule has 0 amide bonds. The predicted molar refractivity (Wildman–Crippen MR) is 81.6 cm³/mol. The van der Waals surface area contributed by atoms with Gasteiger partial charge in [-0.2, -0.15) is 0 Å². The van der Waals surface area contributed by atoms with E-state index in [1.807, 2.05) is 0 Å². The number of rotatable bonds is 1. The molecule has 1 heterocycles. The molecule has 4 fully saturated rings. The number of benzene rings is 1. The van der Waals surface area contributed by atoms with Gasteiger partial charge in [-0.05, 0) is 67.7 Å². The van der Waals surface area contributed by atoms with Crippen molar-refractivity contribution in [2.45, 2.75) is 43.9 Å². The summed E-state index contributed by atoms with van der Waals surface area (Å²) in [6.07, 6.45) is 10.8. The second kappa shape index (κ2) is 3.84. The second-order valence-corrected chi connectivity index (χ2v) is 7.61. The van der Waals surface area contributed by atoms with Gasteiger partial charge in [-0.15, -0.1) is 0 Å². The van der Waals surface area contributed by atoms with E-state index in [9.17, 15) is 0 Å². The molecule has 20 heavy (non-hydrogen) atoms. The number of fused-ring (bicyclic) bond motifs is 1. The second-order valence-electron chi connectivity index (χ2n) is 7.61. The van der Waals surface area contributed by atoms with Crippen LogP contribution in [0.3, 0.4) is 0 Å². The summed E-state index contributed by atoms with van der Waals surface area (Å²) in [6, 6.07) is 11.1. The minimum absolute atomic E-state index is 0.429. The van der Waals surface area contributed by atoms with E-state index >= 15 is 0 Å². The Morgan fingerprint density at radius 2 is 1.45 bits per heavy atom. The van der Waals surface area contributed by atoms with Crippen molar-refractivity contribution in [1.29, 1.82) is 0 Å². The van der Waals surface area contributed by atoms with Crippen LogP contribution in [0.15, 0.2) is 36.5 Å².